The lowest BCUT2D eigenvalue weighted by atomic mass is 9.77. The second kappa shape index (κ2) is 4.58. The molecule has 0 heterocycles. The van der Waals surface area contributed by atoms with Gasteiger partial charge in [0.05, 0.1) is 0 Å². The van der Waals surface area contributed by atoms with Gasteiger partial charge in [0, 0.05) is 6.04 Å². The summed E-state index contributed by atoms with van der Waals surface area (Å²) in [6, 6.07) is -0.397. The van der Waals surface area contributed by atoms with Crippen LogP contribution in [0.3, 0.4) is 0 Å². The smallest absolute Gasteiger partial charge is 0.322 e. The van der Waals surface area contributed by atoms with Crippen molar-refractivity contribution in [3.8, 4) is 0 Å². The maximum atomic E-state index is 10.9. The molecule has 0 spiro atoms. The standard InChI is InChI=1S/C9H18N2O2/c1-10-7(6-4-3-5-6)8(11-2)9(12)13/h6-8,10-11H,3-5H2,1-2H3,(H,12,13). The number of likely N-dealkylation sites (N-methyl/N-ethyl adjacent to an activating group) is 2. The summed E-state index contributed by atoms with van der Waals surface area (Å²) >= 11 is 0. The minimum Gasteiger partial charge on any atom is -0.480 e. The van der Waals surface area contributed by atoms with Crippen molar-refractivity contribution in [3.63, 3.8) is 0 Å². The van der Waals surface area contributed by atoms with Crippen LogP contribution in [-0.2, 0) is 4.79 Å². The van der Waals surface area contributed by atoms with Crippen LogP contribution in [0.15, 0.2) is 0 Å². The maximum absolute atomic E-state index is 10.9. The molecule has 1 saturated carbocycles. The molecule has 0 bridgehead atoms. The maximum Gasteiger partial charge on any atom is 0.322 e. The monoisotopic (exact) mass is 186 g/mol. The van der Waals surface area contributed by atoms with Crippen LogP contribution in [0.25, 0.3) is 0 Å². The highest BCUT2D eigenvalue weighted by atomic mass is 16.4. The van der Waals surface area contributed by atoms with Crippen LogP contribution >= 0.6 is 0 Å². The number of carbonyl (C=O) groups is 1. The Morgan fingerprint density at radius 2 is 2.00 bits per heavy atom. The van der Waals surface area contributed by atoms with E-state index in [1.54, 1.807) is 7.05 Å². The van der Waals surface area contributed by atoms with Gasteiger partial charge in [-0.1, -0.05) is 6.42 Å². The fourth-order valence-corrected chi connectivity index (χ4v) is 1.93. The summed E-state index contributed by atoms with van der Waals surface area (Å²) in [6.45, 7) is 0. The van der Waals surface area contributed by atoms with Gasteiger partial charge in [0.25, 0.3) is 0 Å². The van der Waals surface area contributed by atoms with Crippen molar-refractivity contribution < 1.29 is 9.90 Å². The van der Waals surface area contributed by atoms with Gasteiger partial charge < -0.3 is 15.7 Å². The van der Waals surface area contributed by atoms with Crippen molar-refractivity contribution in [2.24, 2.45) is 5.92 Å². The molecule has 0 amide bonds. The minimum atomic E-state index is -0.770. The van der Waals surface area contributed by atoms with Crippen molar-refractivity contribution in [2.45, 2.75) is 31.3 Å². The molecule has 1 rings (SSSR count). The number of carboxylic acids is 1. The van der Waals surface area contributed by atoms with Crippen molar-refractivity contribution in [1.82, 2.24) is 10.6 Å². The topological polar surface area (TPSA) is 61.4 Å². The van der Waals surface area contributed by atoms with Gasteiger partial charge in [-0.05, 0) is 32.9 Å². The zero-order valence-corrected chi connectivity index (χ0v) is 8.21. The molecule has 1 aliphatic rings. The molecule has 0 aliphatic heterocycles. The first-order valence-corrected chi connectivity index (χ1v) is 4.78. The van der Waals surface area contributed by atoms with Crippen molar-refractivity contribution in [1.29, 1.82) is 0 Å². The van der Waals surface area contributed by atoms with Gasteiger partial charge in [0.15, 0.2) is 0 Å². The molecule has 3 N–H and O–H groups in total. The van der Waals surface area contributed by atoms with Crippen LogP contribution in [0.1, 0.15) is 19.3 Å². The number of hydrogen-bond donors (Lipinski definition) is 3. The zero-order chi connectivity index (χ0) is 9.84. The van der Waals surface area contributed by atoms with Gasteiger partial charge in [0.2, 0.25) is 0 Å². The molecule has 0 radical (unpaired) electrons. The molecule has 0 aromatic heterocycles. The minimum absolute atomic E-state index is 0.0660. The van der Waals surface area contributed by atoms with E-state index in [9.17, 15) is 4.79 Å². The molecule has 13 heavy (non-hydrogen) atoms. The van der Waals surface area contributed by atoms with Gasteiger partial charge in [-0.25, -0.2) is 0 Å². The lowest BCUT2D eigenvalue weighted by Gasteiger charge is -2.36. The average Bonchev–Trinajstić information content (AvgIpc) is 1.99. The molecular formula is C9H18N2O2. The third kappa shape index (κ3) is 2.19. The van der Waals surface area contributed by atoms with Gasteiger partial charge in [-0.15, -0.1) is 0 Å². The molecule has 4 nitrogen and oxygen atoms in total. The Hall–Kier alpha value is -0.610. The van der Waals surface area contributed by atoms with E-state index in [1.807, 2.05) is 7.05 Å². The molecule has 4 heteroatoms. The van der Waals surface area contributed by atoms with Gasteiger partial charge in [-0.3, -0.25) is 4.79 Å². The predicted octanol–water partition coefficient (Wildman–Crippen LogP) is 0.0471. The molecule has 1 aliphatic carbocycles. The van der Waals surface area contributed by atoms with Gasteiger partial charge >= 0.3 is 5.97 Å². The average molecular weight is 186 g/mol. The van der Waals surface area contributed by atoms with Gasteiger partial charge in [-0.2, -0.15) is 0 Å². The fraction of sp³-hybridized carbons (Fsp3) is 0.889. The van der Waals surface area contributed by atoms with E-state index < -0.39 is 12.0 Å². The first kappa shape index (κ1) is 10.5. The SMILES string of the molecule is CNC(C(=O)O)C(NC)C1CCC1. The van der Waals surface area contributed by atoms with Crippen LogP contribution < -0.4 is 10.6 Å². The van der Waals surface area contributed by atoms with E-state index >= 15 is 0 Å². The Labute approximate surface area is 78.7 Å². The Balaban J connectivity index is 2.55. The number of nitrogens with one attached hydrogen (secondary N) is 2. The molecular weight excluding hydrogens is 168 g/mol. The third-order valence-corrected chi connectivity index (χ3v) is 2.93. The van der Waals surface area contributed by atoms with E-state index in [4.69, 9.17) is 5.11 Å². The molecule has 1 fully saturated rings. The Kier molecular flexibility index (Phi) is 3.69. The van der Waals surface area contributed by atoms with Crippen molar-refractivity contribution >= 4 is 5.97 Å². The first-order chi connectivity index (χ1) is 6.20. The van der Waals surface area contributed by atoms with E-state index in [-0.39, 0.29) is 6.04 Å². The summed E-state index contributed by atoms with van der Waals surface area (Å²) < 4.78 is 0. The first-order valence-electron chi connectivity index (χ1n) is 4.78. The quantitative estimate of drug-likeness (QED) is 0.567. The highest BCUT2D eigenvalue weighted by molar-refractivity contribution is 5.74. The highest BCUT2D eigenvalue weighted by Gasteiger charge is 2.34. The number of aliphatic carboxylic acids is 1. The lowest BCUT2D eigenvalue weighted by Crippen LogP contribution is -2.55. The van der Waals surface area contributed by atoms with E-state index in [1.165, 1.54) is 6.42 Å². The van der Waals surface area contributed by atoms with Crippen molar-refractivity contribution in [3.05, 3.63) is 0 Å². The molecule has 2 atom stereocenters. The van der Waals surface area contributed by atoms with E-state index in [0.29, 0.717) is 5.92 Å². The summed E-state index contributed by atoms with van der Waals surface area (Å²) in [5, 5.41) is 14.9. The predicted molar refractivity (Wildman–Crippen MR) is 50.7 cm³/mol. The van der Waals surface area contributed by atoms with Crippen molar-refractivity contribution in [2.75, 3.05) is 14.1 Å². The third-order valence-electron chi connectivity index (χ3n) is 2.93. The number of rotatable bonds is 5. The molecule has 2 unspecified atom stereocenters. The van der Waals surface area contributed by atoms with Crippen LogP contribution in [0.5, 0.6) is 0 Å². The second-order valence-electron chi connectivity index (χ2n) is 3.61. The second-order valence-corrected chi connectivity index (χ2v) is 3.61. The lowest BCUT2D eigenvalue weighted by molar-refractivity contribution is -0.140. The zero-order valence-electron chi connectivity index (χ0n) is 8.21. The summed E-state index contributed by atoms with van der Waals surface area (Å²) in [4.78, 5) is 10.9. The largest absolute Gasteiger partial charge is 0.480 e. The Morgan fingerprint density at radius 1 is 1.38 bits per heavy atom. The molecule has 0 saturated heterocycles. The van der Waals surface area contributed by atoms with Crippen LogP contribution in [-0.4, -0.2) is 37.3 Å². The van der Waals surface area contributed by atoms with Crippen LogP contribution in [0.2, 0.25) is 0 Å². The van der Waals surface area contributed by atoms with Crippen LogP contribution in [0.4, 0.5) is 0 Å². The van der Waals surface area contributed by atoms with Gasteiger partial charge in [0.1, 0.15) is 6.04 Å². The Morgan fingerprint density at radius 3 is 2.23 bits per heavy atom. The Bertz CT molecular complexity index is 180. The number of hydrogen-bond acceptors (Lipinski definition) is 3. The summed E-state index contributed by atoms with van der Waals surface area (Å²) in [6.07, 6.45) is 3.53. The van der Waals surface area contributed by atoms with Crippen LogP contribution in [0, 0.1) is 5.92 Å². The summed E-state index contributed by atoms with van der Waals surface area (Å²) in [5.74, 6) is -0.243. The molecule has 0 aromatic carbocycles. The normalized spacial score (nSPS) is 22.0. The molecule has 76 valence electrons. The number of carboxylic acid groups (broad SMARTS) is 1. The molecule has 0 aromatic rings. The highest BCUT2D eigenvalue weighted by Crippen LogP contribution is 2.30. The van der Waals surface area contributed by atoms with E-state index in [0.717, 1.165) is 12.8 Å². The summed E-state index contributed by atoms with van der Waals surface area (Å²) in [5.41, 5.74) is 0. The fourth-order valence-electron chi connectivity index (χ4n) is 1.93. The summed E-state index contributed by atoms with van der Waals surface area (Å²) in [7, 11) is 3.53. The van der Waals surface area contributed by atoms with E-state index in [2.05, 4.69) is 10.6 Å².